The first kappa shape index (κ1) is 11.9. The number of nitriles is 1. The van der Waals surface area contributed by atoms with Crippen molar-refractivity contribution in [2.45, 2.75) is 32.2 Å². The molecule has 2 unspecified atom stereocenters. The highest BCUT2D eigenvalue weighted by Gasteiger charge is 2.26. The van der Waals surface area contributed by atoms with Crippen LogP contribution < -0.4 is 11.1 Å². The Morgan fingerprint density at radius 3 is 3.00 bits per heavy atom. The maximum absolute atomic E-state index is 9.13. The van der Waals surface area contributed by atoms with E-state index in [1.165, 1.54) is 12.8 Å². The van der Waals surface area contributed by atoms with E-state index in [-0.39, 0.29) is 0 Å². The Bertz CT molecular complexity index is 434. The number of nitrogens with two attached hydrogens (primary N) is 1. The summed E-state index contributed by atoms with van der Waals surface area (Å²) in [6.07, 6.45) is 3.58. The number of benzene rings is 1. The van der Waals surface area contributed by atoms with Crippen molar-refractivity contribution in [3.05, 3.63) is 29.3 Å². The van der Waals surface area contributed by atoms with Crippen LogP contribution in [0.4, 0.5) is 5.69 Å². The van der Waals surface area contributed by atoms with Crippen molar-refractivity contribution in [3.63, 3.8) is 0 Å². The molecule has 0 spiro atoms. The molecule has 1 aromatic carbocycles. The molecule has 0 radical (unpaired) electrons. The minimum absolute atomic E-state index is 0.424. The molecule has 1 aliphatic carbocycles. The second kappa shape index (κ2) is 5.20. The fourth-order valence-electron chi connectivity index (χ4n) is 2.65. The quantitative estimate of drug-likeness (QED) is 0.836. The number of aryl methyl sites for hydroxylation is 1. The van der Waals surface area contributed by atoms with Crippen molar-refractivity contribution in [2.24, 2.45) is 11.7 Å². The molecule has 0 bridgehead atoms. The topological polar surface area (TPSA) is 61.8 Å². The number of hydrogen-bond donors (Lipinski definition) is 2. The van der Waals surface area contributed by atoms with Gasteiger partial charge in [-0.1, -0.05) is 18.6 Å². The summed E-state index contributed by atoms with van der Waals surface area (Å²) in [5.41, 5.74) is 8.63. The summed E-state index contributed by atoms with van der Waals surface area (Å²) < 4.78 is 0. The first-order valence-corrected chi connectivity index (χ1v) is 6.22. The van der Waals surface area contributed by atoms with Gasteiger partial charge in [-0.15, -0.1) is 0 Å². The minimum atomic E-state index is 0.424. The van der Waals surface area contributed by atoms with Crippen LogP contribution in [0.25, 0.3) is 0 Å². The lowest BCUT2D eigenvalue weighted by Gasteiger charge is -2.22. The molecule has 0 aliphatic heterocycles. The monoisotopic (exact) mass is 229 g/mol. The van der Waals surface area contributed by atoms with Crippen LogP contribution in [0.15, 0.2) is 18.2 Å². The highest BCUT2D eigenvalue weighted by molar-refractivity contribution is 5.62. The zero-order valence-electron chi connectivity index (χ0n) is 10.2. The Labute approximate surface area is 103 Å². The van der Waals surface area contributed by atoms with E-state index in [9.17, 15) is 0 Å². The summed E-state index contributed by atoms with van der Waals surface area (Å²) in [4.78, 5) is 0. The summed E-state index contributed by atoms with van der Waals surface area (Å²) in [6, 6.07) is 8.50. The van der Waals surface area contributed by atoms with Crippen LogP contribution in [0.1, 0.15) is 30.4 Å². The van der Waals surface area contributed by atoms with Gasteiger partial charge in [0.1, 0.15) is 6.07 Å². The zero-order chi connectivity index (χ0) is 12.3. The molecular formula is C14H19N3. The minimum Gasteiger partial charge on any atom is -0.381 e. The fourth-order valence-corrected chi connectivity index (χ4v) is 2.65. The first-order chi connectivity index (χ1) is 8.26. The summed E-state index contributed by atoms with van der Waals surface area (Å²) in [6.45, 7) is 2.76. The van der Waals surface area contributed by atoms with E-state index in [4.69, 9.17) is 11.0 Å². The predicted octanol–water partition coefficient (Wildman–Crippen LogP) is 2.41. The largest absolute Gasteiger partial charge is 0.381 e. The molecule has 17 heavy (non-hydrogen) atoms. The van der Waals surface area contributed by atoms with Crippen molar-refractivity contribution in [1.29, 1.82) is 5.26 Å². The van der Waals surface area contributed by atoms with E-state index in [0.717, 1.165) is 29.8 Å². The second-order valence-corrected chi connectivity index (χ2v) is 4.79. The number of nitrogens with zero attached hydrogens (tertiary/aromatic N) is 1. The third kappa shape index (κ3) is 2.42. The standard InChI is InChI=1S/C14H19N3/c1-10-4-2-6-12(9-16)14(10)17-13-7-3-5-11(13)8-15/h2,4,6,11,13,17H,3,5,7-8,15H2,1H3. The highest BCUT2D eigenvalue weighted by Crippen LogP contribution is 2.30. The van der Waals surface area contributed by atoms with E-state index >= 15 is 0 Å². The third-order valence-corrected chi connectivity index (χ3v) is 3.68. The van der Waals surface area contributed by atoms with Crippen LogP contribution in [0, 0.1) is 24.2 Å². The average molecular weight is 229 g/mol. The van der Waals surface area contributed by atoms with Gasteiger partial charge in [0.15, 0.2) is 0 Å². The molecule has 3 N–H and O–H groups in total. The molecule has 1 saturated carbocycles. The van der Waals surface area contributed by atoms with Crippen LogP contribution in [0.5, 0.6) is 0 Å². The van der Waals surface area contributed by atoms with Gasteiger partial charge in [-0.25, -0.2) is 0 Å². The van der Waals surface area contributed by atoms with Gasteiger partial charge in [0, 0.05) is 6.04 Å². The number of rotatable bonds is 3. The van der Waals surface area contributed by atoms with Gasteiger partial charge in [0.25, 0.3) is 0 Å². The highest BCUT2D eigenvalue weighted by atomic mass is 14.9. The lowest BCUT2D eigenvalue weighted by atomic mass is 10.0. The molecule has 90 valence electrons. The van der Waals surface area contributed by atoms with Gasteiger partial charge in [0.05, 0.1) is 11.3 Å². The number of hydrogen-bond acceptors (Lipinski definition) is 3. The van der Waals surface area contributed by atoms with Crippen LogP contribution in [-0.2, 0) is 0 Å². The normalized spacial score (nSPS) is 23.4. The molecule has 0 heterocycles. The molecular weight excluding hydrogens is 210 g/mol. The lowest BCUT2D eigenvalue weighted by molar-refractivity contribution is 0.516. The number of anilines is 1. The van der Waals surface area contributed by atoms with Crippen molar-refractivity contribution < 1.29 is 0 Å². The Morgan fingerprint density at radius 1 is 1.47 bits per heavy atom. The Hall–Kier alpha value is -1.53. The molecule has 2 rings (SSSR count). The van der Waals surface area contributed by atoms with Gasteiger partial charge < -0.3 is 11.1 Å². The Morgan fingerprint density at radius 2 is 2.29 bits per heavy atom. The summed E-state index contributed by atoms with van der Waals surface area (Å²) >= 11 is 0. The second-order valence-electron chi connectivity index (χ2n) is 4.79. The van der Waals surface area contributed by atoms with E-state index in [0.29, 0.717) is 12.0 Å². The fraction of sp³-hybridized carbons (Fsp3) is 0.500. The SMILES string of the molecule is Cc1cccc(C#N)c1NC1CCCC1CN. The van der Waals surface area contributed by atoms with Crippen LogP contribution >= 0.6 is 0 Å². The van der Waals surface area contributed by atoms with Gasteiger partial charge in [-0.3, -0.25) is 0 Å². The molecule has 1 fully saturated rings. The smallest absolute Gasteiger partial charge is 0.101 e. The molecule has 3 nitrogen and oxygen atoms in total. The van der Waals surface area contributed by atoms with Gasteiger partial charge in [-0.05, 0) is 43.9 Å². The molecule has 3 heteroatoms. The van der Waals surface area contributed by atoms with Crippen molar-refractivity contribution in [3.8, 4) is 6.07 Å². The predicted molar refractivity (Wildman–Crippen MR) is 69.7 cm³/mol. The van der Waals surface area contributed by atoms with E-state index in [2.05, 4.69) is 11.4 Å². The lowest BCUT2D eigenvalue weighted by Crippen LogP contribution is -2.30. The third-order valence-electron chi connectivity index (χ3n) is 3.68. The van der Waals surface area contributed by atoms with Crippen LogP contribution in [0.2, 0.25) is 0 Å². The zero-order valence-corrected chi connectivity index (χ0v) is 10.2. The van der Waals surface area contributed by atoms with E-state index < -0.39 is 0 Å². The maximum atomic E-state index is 9.13. The number of nitrogens with one attached hydrogen (secondary N) is 1. The van der Waals surface area contributed by atoms with Crippen molar-refractivity contribution in [2.75, 3.05) is 11.9 Å². The molecule has 0 saturated heterocycles. The Balaban J connectivity index is 2.21. The Kier molecular flexibility index (Phi) is 3.65. The van der Waals surface area contributed by atoms with Gasteiger partial charge in [-0.2, -0.15) is 5.26 Å². The van der Waals surface area contributed by atoms with Gasteiger partial charge in [0.2, 0.25) is 0 Å². The maximum Gasteiger partial charge on any atom is 0.101 e. The molecule has 1 aromatic rings. The van der Waals surface area contributed by atoms with Crippen molar-refractivity contribution in [1.82, 2.24) is 0 Å². The van der Waals surface area contributed by atoms with Crippen LogP contribution in [-0.4, -0.2) is 12.6 Å². The first-order valence-electron chi connectivity index (χ1n) is 6.22. The summed E-state index contributed by atoms with van der Waals surface area (Å²) in [5, 5.41) is 12.7. The molecule has 2 atom stereocenters. The average Bonchev–Trinajstić information content (AvgIpc) is 2.79. The summed E-state index contributed by atoms with van der Waals surface area (Å²) in [5.74, 6) is 0.543. The molecule has 0 aromatic heterocycles. The van der Waals surface area contributed by atoms with Crippen LogP contribution in [0.3, 0.4) is 0 Å². The van der Waals surface area contributed by atoms with Gasteiger partial charge >= 0.3 is 0 Å². The molecule has 0 amide bonds. The molecule has 1 aliphatic rings. The van der Waals surface area contributed by atoms with E-state index in [1.54, 1.807) is 0 Å². The van der Waals surface area contributed by atoms with E-state index in [1.807, 2.05) is 25.1 Å². The number of para-hydroxylation sites is 1. The summed E-state index contributed by atoms with van der Waals surface area (Å²) in [7, 11) is 0. The van der Waals surface area contributed by atoms with Crippen molar-refractivity contribution >= 4 is 5.69 Å².